The fourth-order valence-electron chi connectivity index (χ4n) is 2.62. The van der Waals surface area contributed by atoms with Crippen LogP contribution in [0.2, 0.25) is 0 Å². The van der Waals surface area contributed by atoms with Gasteiger partial charge in [0.1, 0.15) is 0 Å². The average molecular weight is 304 g/mol. The van der Waals surface area contributed by atoms with Crippen LogP contribution < -0.4 is 5.32 Å². The van der Waals surface area contributed by atoms with E-state index in [1.54, 1.807) is 24.3 Å². The van der Waals surface area contributed by atoms with E-state index >= 15 is 0 Å². The fourth-order valence-corrected chi connectivity index (χ4v) is 2.62. The number of ketones is 1. The van der Waals surface area contributed by atoms with Crippen molar-refractivity contribution in [2.24, 2.45) is 5.92 Å². The molecule has 22 heavy (non-hydrogen) atoms. The lowest BCUT2D eigenvalue weighted by atomic mass is 9.98. The average Bonchev–Trinajstić information content (AvgIpc) is 2.47. The number of hydrogen-bond acceptors (Lipinski definition) is 4. The number of rotatable bonds is 5. The number of nitrogens with zero attached hydrogens (tertiary/aromatic N) is 1. The quantitative estimate of drug-likeness (QED) is 0.807. The number of carbonyl (C=O) groups excluding carboxylic acids is 2. The zero-order valence-electron chi connectivity index (χ0n) is 12.5. The molecule has 1 aliphatic heterocycles. The van der Waals surface area contributed by atoms with Crippen molar-refractivity contribution >= 4 is 23.3 Å². The van der Waals surface area contributed by atoms with Crippen LogP contribution in [0, 0.1) is 5.92 Å². The Balaban J connectivity index is 1.91. The highest BCUT2D eigenvalue weighted by atomic mass is 16.4. The number of carbonyl (C=O) groups is 3. The van der Waals surface area contributed by atoms with Crippen LogP contribution in [-0.2, 0) is 9.59 Å². The van der Waals surface area contributed by atoms with E-state index < -0.39 is 11.9 Å². The summed E-state index contributed by atoms with van der Waals surface area (Å²) in [5, 5.41) is 11.8. The van der Waals surface area contributed by atoms with E-state index in [1.165, 1.54) is 6.92 Å². The van der Waals surface area contributed by atoms with Gasteiger partial charge in [0.05, 0.1) is 12.5 Å². The number of anilines is 1. The van der Waals surface area contributed by atoms with Crippen LogP contribution in [0.5, 0.6) is 0 Å². The molecule has 2 N–H and O–H groups in total. The largest absolute Gasteiger partial charge is 0.481 e. The Hall–Kier alpha value is -2.21. The zero-order chi connectivity index (χ0) is 16.1. The number of carboxylic acids is 1. The van der Waals surface area contributed by atoms with E-state index in [2.05, 4.69) is 5.32 Å². The van der Waals surface area contributed by atoms with Gasteiger partial charge in [-0.3, -0.25) is 19.3 Å². The molecule has 1 fully saturated rings. The lowest BCUT2D eigenvalue weighted by Gasteiger charge is -2.29. The van der Waals surface area contributed by atoms with E-state index in [0.717, 1.165) is 13.0 Å². The topological polar surface area (TPSA) is 86.7 Å². The van der Waals surface area contributed by atoms with Gasteiger partial charge in [0.2, 0.25) is 5.91 Å². The Labute approximate surface area is 129 Å². The van der Waals surface area contributed by atoms with Crippen molar-refractivity contribution in [3.05, 3.63) is 29.8 Å². The monoisotopic (exact) mass is 304 g/mol. The molecule has 0 aromatic heterocycles. The molecular weight excluding hydrogens is 284 g/mol. The first-order valence-corrected chi connectivity index (χ1v) is 7.31. The third kappa shape index (κ3) is 4.39. The fraction of sp³-hybridized carbons (Fsp3) is 0.438. The summed E-state index contributed by atoms with van der Waals surface area (Å²) in [6, 6.07) is 6.77. The number of Topliss-reactive ketones (excluding diaryl/α,β-unsaturated/α-hetero) is 1. The normalized spacial score (nSPS) is 18.7. The molecule has 1 atom stereocenters. The second kappa shape index (κ2) is 7.17. The first-order valence-electron chi connectivity index (χ1n) is 7.31. The molecular formula is C16H20N2O4. The predicted octanol–water partition coefficient (Wildman–Crippen LogP) is 1.62. The van der Waals surface area contributed by atoms with Gasteiger partial charge in [0, 0.05) is 17.8 Å². The maximum atomic E-state index is 12.1. The van der Waals surface area contributed by atoms with Gasteiger partial charge in [0.25, 0.3) is 0 Å². The molecule has 0 bridgehead atoms. The summed E-state index contributed by atoms with van der Waals surface area (Å²) in [6.45, 7) is 2.76. The van der Waals surface area contributed by atoms with Crippen LogP contribution in [0.4, 0.5) is 5.69 Å². The maximum Gasteiger partial charge on any atom is 0.307 e. The summed E-state index contributed by atoms with van der Waals surface area (Å²) in [5.74, 6) is -1.47. The molecule has 1 aromatic rings. The van der Waals surface area contributed by atoms with Crippen LogP contribution in [0.25, 0.3) is 0 Å². The zero-order valence-corrected chi connectivity index (χ0v) is 12.5. The molecule has 0 radical (unpaired) electrons. The van der Waals surface area contributed by atoms with E-state index in [9.17, 15) is 14.4 Å². The van der Waals surface area contributed by atoms with Gasteiger partial charge in [-0.25, -0.2) is 0 Å². The summed E-state index contributed by atoms with van der Waals surface area (Å²) in [6.07, 6.45) is 1.44. The molecule has 0 aliphatic carbocycles. The van der Waals surface area contributed by atoms with Gasteiger partial charge in [0.15, 0.2) is 5.78 Å². The summed E-state index contributed by atoms with van der Waals surface area (Å²) in [4.78, 5) is 36.2. The van der Waals surface area contributed by atoms with Crippen molar-refractivity contribution < 1.29 is 19.5 Å². The lowest BCUT2D eigenvalue weighted by Crippen LogP contribution is -2.42. The molecule has 1 amide bonds. The van der Waals surface area contributed by atoms with Crippen molar-refractivity contribution in [1.82, 2.24) is 4.90 Å². The number of amides is 1. The molecule has 6 heteroatoms. The van der Waals surface area contributed by atoms with Crippen LogP contribution in [-0.4, -0.2) is 47.3 Å². The minimum Gasteiger partial charge on any atom is -0.481 e. The highest BCUT2D eigenvalue weighted by molar-refractivity contribution is 5.97. The Bertz CT molecular complexity index is 585. The number of aliphatic carboxylic acids is 1. The second-order valence-corrected chi connectivity index (χ2v) is 5.60. The predicted molar refractivity (Wildman–Crippen MR) is 81.9 cm³/mol. The molecule has 1 unspecified atom stereocenters. The molecule has 1 aromatic carbocycles. The Morgan fingerprint density at radius 1 is 1.36 bits per heavy atom. The standard InChI is InChI=1S/C16H20N2O4/c1-11(19)12-4-2-6-14(8-12)17-15(20)10-18-7-3-5-13(9-18)16(21)22/h2,4,6,8,13H,3,5,7,9-10H2,1H3,(H,17,20)(H,21,22). The third-order valence-corrected chi connectivity index (χ3v) is 3.77. The molecule has 0 spiro atoms. The molecule has 1 aliphatic rings. The van der Waals surface area contributed by atoms with Crippen molar-refractivity contribution in [3.8, 4) is 0 Å². The van der Waals surface area contributed by atoms with Crippen molar-refractivity contribution in [3.63, 3.8) is 0 Å². The van der Waals surface area contributed by atoms with Gasteiger partial charge in [-0.05, 0) is 38.4 Å². The smallest absolute Gasteiger partial charge is 0.307 e. The first kappa shape index (κ1) is 16.2. The molecule has 1 heterocycles. The van der Waals surface area contributed by atoms with Crippen LogP contribution in [0.15, 0.2) is 24.3 Å². The van der Waals surface area contributed by atoms with Gasteiger partial charge < -0.3 is 10.4 Å². The van der Waals surface area contributed by atoms with Gasteiger partial charge in [-0.1, -0.05) is 12.1 Å². The van der Waals surface area contributed by atoms with Gasteiger partial charge >= 0.3 is 5.97 Å². The first-order chi connectivity index (χ1) is 10.5. The van der Waals surface area contributed by atoms with E-state index in [-0.39, 0.29) is 18.2 Å². The van der Waals surface area contributed by atoms with E-state index in [1.807, 2.05) is 4.90 Å². The van der Waals surface area contributed by atoms with Crippen molar-refractivity contribution in [1.29, 1.82) is 0 Å². The second-order valence-electron chi connectivity index (χ2n) is 5.60. The number of benzene rings is 1. The van der Waals surface area contributed by atoms with Crippen LogP contribution in [0.1, 0.15) is 30.1 Å². The molecule has 6 nitrogen and oxygen atoms in total. The van der Waals surface area contributed by atoms with Crippen molar-refractivity contribution in [2.75, 3.05) is 25.0 Å². The summed E-state index contributed by atoms with van der Waals surface area (Å²) >= 11 is 0. The Morgan fingerprint density at radius 2 is 2.14 bits per heavy atom. The number of hydrogen-bond donors (Lipinski definition) is 2. The van der Waals surface area contributed by atoms with Crippen LogP contribution >= 0.6 is 0 Å². The number of likely N-dealkylation sites (tertiary alicyclic amines) is 1. The van der Waals surface area contributed by atoms with Gasteiger partial charge in [-0.15, -0.1) is 0 Å². The van der Waals surface area contributed by atoms with E-state index in [0.29, 0.717) is 24.2 Å². The maximum absolute atomic E-state index is 12.1. The number of carboxylic acid groups (broad SMARTS) is 1. The van der Waals surface area contributed by atoms with Crippen molar-refractivity contribution in [2.45, 2.75) is 19.8 Å². The third-order valence-electron chi connectivity index (χ3n) is 3.77. The highest BCUT2D eigenvalue weighted by Crippen LogP contribution is 2.17. The number of nitrogens with one attached hydrogen (secondary N) is 1. The molecule has 1 saturated heterocycles. The summed E-state index contributed by atoms with van der Waals surface area (Å²) in [7, 11) is 0. The van der Waals surface area contributed by atoms with Crippen LogP contribution in [0.3, 0.4) is 0 Å². The summed E-state index contributed by atoms with van der Waals surface area (Å²) in [5.41, 5.74) is 1.12. The minimum atomic E-state index is -0.806. The Morgan fingerprint density at radius 3 is 2.82 bits per heavy atom. The SMILES string of the molecule is CC(=O)c1cccc(NC(=O)CN2CCCC(C(=O)O)C2)c1. The summed E-state index contributed by atoms with van der Waals surface area (Å²) < 4.78 is 0. The molecule has 2 rings (SSSR count). The molecule has 118 valence electrons. The Kier molecular flexibility index (Phi) is 5.27. The number of piperidine rings is 1. The molecule has 0 saturated carbocycles. The highest BCUT2D eigenvalue weighted by Gasteiger charge is 2.26. The lowest BCUT2D eigenvalue weighted by molar-refractivity contribution is -0.144. The van der Waals surface area contributed by atoms with E-state index in [4.69, 9.17) is 5.11 Å². The van der Waals surface area contributed by atoms with Gasteiger partial charge in [-0.2, -0.15) is 0 Å². The minimum absolute atomic E-state index is 0.0589.